The van der Waals surface area contributed by atoms with Crippen LogP contribution in [0.3, 0.4) is 0 Å². The molecule has 0 atom stereocenters. The molecule has 0 heterocycles. The summed E-state index contributed by atoms with van der Waals surface area (Å²) in [5.41, 5.74) is 5.10. The summed E-state index contributed by atoms with van der Waals surface area (Å²) < 4.78 is 2.09. The largest absolute Gasteiger partial charge is 0.273 e. The first kappa shape index (κ1) is 39.2. The van der Waals surface area contributed by atoms with Gasteiger partial charge in [-0.2, -0.15) is 6.08 Å². The van der Waals surface area contributed by atoms with E-state index in [1.807, 2.05) is 43.3 Å². The van der Waals surface area contributed by atoms with Gasteiger partial charge in [0.25, 0.3) is 0 Å². The minimum atomic E-state index is 0. The van der Waals surface area contributed by atoms with Crippen molar-refractivity contribution in [3.05, 3.63) is 200 Å². The van der Waals surface area contributed by atoms with Crippen LogP contribution in [-0.2, 0) is 24.2 Å². The van der Waals surface area contributed by atoms with Crippen LogP contribution >= 0.6 is 24.8 Å². The van der Waals surface area contributed by atoms with E-state index in [-0.39, 0.29) is 24.8 Å². The molecule has 0 radical (unpaired) electrons. The monoisotopic (exact) mass is 728 g/mol. The third kappa shape index (κ3) is 13.3. The molecule has 0 amide bonds. The molecule has 1 aliphatic rings. The summed E-state index contributed by atoms with van der Waals surface area (Å²) in [5.74, 6) is 0. The van der Waals surface area contributed by atoms with Gasteiger partial charge in [-0.15, -0.1) is 71.0 Å². The van der Waals surface area contributed by atoms with Crippen molar-refractivity contribution in [3.63, 3.8) is 0 Å². The van der Waals surface area contributed by atoms with E-state index in [9.17, 15) is 0 Å². The van der Waals surface area contributed by atoms with Gasteiger partial charge in [0, 0.05) is 0 Å². The number of fused-ring (bicyclic) bond motifs is 3. The Morgan fingerprint density at radius 1 is 0.489 bits per heavy atom. The summed E-state index contributed by atoms with van der Waals surface area (Å²) in [5, 5.41) is 5.39. The maximum atomic E-state index is 2.99. The van der Waals surface area contributed by atoms with Gasteiger partial charge in [0.05, 0.1) is 0 Å². The van der Waals surface area contributed by atoms with Crippen molar-refractivity contribution in [3.8, 4) is 22.3 Å². The van der Waals surface area contributed by atoms with E-state index in [0.29, 0.717) is 0 Å². The van der Waals surface area contributed by atoms with Crippen molar-refractivity contribution in [2.24, 2.45) is 0 Å². The number of rotatable bonds is 2. The normalized spacial score (nSPS) is 10.2. The Morgan fingerprint density at radius 3 is 1.04 bits per heavy atom. The summed E-state index contributed by atoms with van der Waals surface area (Å²) >= 11 is 1.51. The van der Waals surface area contributed by atoms with Crippen molar-refractivity contribution < 1.29 is 24.2 Å². The molecule has 0 nitrogen and oxygen atoms in total. The first-order valence-corrected chi connectivity index (χ1v) is 16.6. The van der Waals surface area contributed by atoms with Crippen LogP contribution in [-0.4, -0.2) is 3.71 Å². The smallest absolute Gasteiger partial charge is 0.0184 e. The van der Waals surface area contributed by atoms with Crippen LogP contribution in [0.5, 0.6) is 0 Å². The van der Waals surface area contributed by atoms with Crippen molar-refractivity contribution in [2.75, 3.05) is 0 Å². The molecule has 8 rings (SSSR count). The van der Waals surface area contributed by atoms with Gasteiger partial charge in [0.15, 0.2) is 0 Å². The number of benzene rings is 6. The van der Waals surface area contributed by atoms with Gasteiger partial charge in [0.1, 0.15) is 0 Å². The maximum absolute atomic E-state index is 2.99. The molecule has 234 valence electrons. The summed E-state index contributed by atoms with van der Waals surface area (Å²) in [6, 6.07) is 60.8. The van der Waals surface area contributed by atoms with E-state index in [4.69, 9.17) is 0 Å². The van der Waals surface area contributed by atoms with Crippen LogP contribution in [0.25, 0.3) is 43.8 Å². The van der Waals surface area contributed by atoms with Gasteiger partial charge in [0.2, 0.25) is 0 Å². The molecule has 0 aromatic heterocycles. The topological polar surface area (TPSA) is 0 Å². The molecule has 0 saturated carbocycles. The minimum absolute atomic E-state index is 0. The van der Waals surface area contributed by atoms with E-state index < -0.39 is 0 Å². The standard InChI is InChI=1S/C13H9.2C12H10.C5H5.C2H4.2ClH.Zr/c1-3-7-12-10(5-1)9-11-6-2-4-8-13(11)12;2*1-3-7-11(8-4-1)12-9-5-2-6-10-12;1-2-4-5-3-1;1-2;;;/h1-9H;2*1-10H;1-3H,4H2;1H,2H3;2*1H;/q-1;;;-1;;;;+2. The molecule has 0 spiro atoms. The predicted molar refractivity (Wildman–Crippen MR) is 209 cm³/mol. The summed E-state index contributed by atoms with van der Waals surface area (Å²) in [4.78, 5) is 0. The van der Waals surface area contributed by atoms with Crippen LogP contribution in [0.2, 0.25) is 0 Å². The second-order valence-electron chi connectivity index (χ2n) is 10.1. The molecule has 0 unspecified atom stereocenters. The second-order valence-corrected chi connectivity index (χ2v) is 11.5. The van der Waals surface area contributed by atoms with Crippen molar-refractivity contribution >= 4 is 50.1 Å². The fraction of sp³-hybridized carbons (Fsp3) is 0.0455. The average molecular weight is 731 g/mol. The Morgan fingerprint density at radius 2 is 0.787 bits per heavy atom. The third-order valence-electron chi connectivity index (χ3n) is 6.87. The molecule has 47 heavy (non-hydrogen) atoms. The van der Waals surface area contributed by atoms with Crippen molar-refractivity contribution in [2.45, 2.75) is 13.3 Å². The van der Waals surface area contributed by atoms with E-state index in [0.717, 1.165) is 6.42 Å². The van der Waals surface area contributed by atoms with Crippen LogP contribution in [0.4, 0.5) is 0 Å². The first-order valence-electron chi connectivity index (χ1n) is 15.2. The Kier molecular flexibility index (Phi) is 19.5. The molecule has 0 saturated heterocycles. The molecule has 0 fully saturated rings. The number of hydrogen-bond donors (Lipinski definition) is 0. The zero-order valence-electron chi connectivity index (χ0n) is 26.6. The van der Waals surface area contributed by atoms with Crippen molar-refractivity contribution in [1.29, 1.82) is 0 Å². The molecule has 3 heteroatoms. The summed E-state index contributed by atoms with van der Waals surface area (Å²) in [6.45, 7) is 2.04. The second kappa shape index (κ2) is 23.3. The van der Waals surface area contributed by atoms with Gasteiger partial charge < -0.3 is 0 Å². The molecular formula is C44H40Cl2Zr. The van der Waals surface area contributed by atoms with Crippen LogP contribution in [0.15, 0.2) is 194 Å². The van der Waals surface area contributed by atoms with E-state index in [1.165, 1.54) is 68.0 Å². The summed E-state index contributed by atoms with van der Waals surface area (Å²) in [7, 11) is 0. The predicted octanol–water partition coefficient (Wildman–Crippen LogP) is 12.9. The molecule has 7 aromatic carbocycles. The number of hydrogen-bond acceptors (Lipinski definition) is 0. The first-order chi connectivity index (χ1) is 22.3. The Labute approximate surface area is 308 Å². The summed E-state index contributed by atoms with van der Waals surface area (Å²) in [6.07, 6.45) is 10.0. The van der Waals surface area contributed by atoms with E-state index >= 15 is 0 Å². The van der Waals surface area contributed by atoms with Crippen LogP contribution < -0.4 is 0 Å². The number of allylic oxidation sites excluding steroid dienone is 4. The van der Waals surface area contributed by atoms with Gasteiger partial charge in [-0.1, -0.05) is 158 Å². The van der Waals surface area contributed by atoms with Gasteiger partial charge in [-0.05, 0) is 22.3 Å². The van der Waals surface area contributed by atoms with Gasteiger partial charge in [-0.25, -0.2) is 12.2 Å². The molecule has 0 bridgehead atoms. The van der Waals surface area contributed by atoms with Crippen molar-refractivity contribution in [1.82, 2.24) is 0 Å². The van der Waals surface area contributed by atoms with E-state index in [2.05, 4.69) is 168 Å². The zero-order valence-corrected chi connectivity index (χ0v) is 30.7. The Balaban J connectivity index is 0.000000216. The van der Waals surface area contributed by atoms with Crippen LogP contribution in [0.1, 0.15) is 13.3 Å². The Hall–Kier alpha value is -4.00. The Bertz CT molecular complexity index is 1670. The number of halogens is 2. The van der Waals surface area contributed by atoms with Gasteiger partial charge in [-0.3, -0.25) is 6.08 Å². The van der Waals surface area contributed by atoms with E-state index in [1.54, 1.807) is 0 Å². The quantitative estimate of drug-likeness (QED) is 0.155. The fourth-order valence-corrected chi connectivity index (χ4v) is 4.77. The minimum Gasteiger partial charge on any atom is -0.273 e. The molecular weight excluding hydrogens is 691 g/mol. The maximum Gasteiger partial charge on any atom is -0.0184 e. The van der Waals surface area contributed by atoms with Crippen LogP contribution in [0, 0.1) is 6.08 Å². The third-order valence-corrected chi connectivity index (χ3v) is 6.87. The van der Waals surface area contributed by atoms with Gasteiger partial charge >= 0.3 is 34.9 Å². The molecule has 0 aliphatic heterocycles. The zero-order chi connectivity index (χ0) is 31.4. The molecule has 0 N–H and O–H groups in total. The fourth-order valence-electron chi connectivity index (χ4n) is 4.77. The SMILES string of the molecule is C[CH]=[Zr+2].Cl.Cl.[C-]1=CC=CC1.c1ccc(-c2ccccc2)cc1.c1ccc(-c2ccccc2)cc1.c1ccc2c(c1)[cH-]c1ccccc12. The molecule has 7 aromatic rings. The average Bonchev–Trinajstić information content (AvgIpc) is 3.84. The molecule has 1 aliphatic carbocycles.